The van der Waals surface area contributed by atoms with Crippen LogP contribution in [0, 0.1) is 0 Å². The average molecular weight is 1010 g/mol. The van der Waals surface area contributed by atoms with E-state index in [0.29, 0.717) is 23.9 Å². The molecule has 0 spiro atoms. The second kappa shape index (κ2) is 50.7. The fourth-order valence-corrected chi connectivity index (χ4v) is 8.53. The molecule has 0 fully saturated rings. The van der Waals surface area contributed by atoms with Crippen molar-refractivity contribution in [2.75, 3.05) is 40.9 Å². The molecule has 0 aromatic heterocycles. The van der Waals surface area contributed by atoms with Crippen LogP contribution in [0.4, 0.5) is 0 Å². The first-order valence-electron chi connectivity index (χ1n) is 28.9. The number of carbonyl (C=O) groups excluding carboxylic acids is 2. The van der Waals surface area contributed by atoms with Gasteiger partial charge in [-0.05, 0) is 96.0 Å². The van der Waals surface area contributed by atoms with Crippen molar-refractivity contribution >= 4 is 19.7 Å². The summed E-state index contributed by atoms with van der Waals surface area (Å²) in [6.07, 6.45) is 65.9. The van der Waals surface area contributed by atoms with Gasteiger partial charge in [-0.3, -0.25) is 18.6 Å². The number of rotatable bonds is 51. The van der Waals surface area contributed by atoms with Gasteiger partial charge in [-0.2, -0.15) is 0 Å². The van der Waals surface area contributed by atoms with E-state index < -0.39 is 25.9 Å². The van der Waals surface area contributed by atoms with Crippen LogP contribution in [-0.2, 0) is 27.9 Å². The zero-order valence-electron chi connectivity index (χ0n) is 46.7. The Bertz CT molecular complexity index is 1490. The molecule has 3 unspecified atom stereocenters. The van der Waals surface area contributed by atoms with E-state index in [2.05, 4.69) is 92.9 Å². The van der Waals surface area contributed by atoms with Gasteiger partial charge in [0.15, 0.2) is 0 Å². The Morgan fingerprint density at radius 2 is 0.873 bits per heavy atom. The summed E-state index contributed by atoms with van der Waals surface area (Å²) in [4.78, 5) is 37.5. The normalized spacial score (nSPS) is 14.4. The summed E-state index contributed by atoms with van der Waals surface area (Å²) in [5.41, 5.74) is 0. The molecule has 3 atom stereocenters. The lowest BCUT2D eigenvalue weighted by Gasteiger charge is -2.27. The lowest BCUT2D eigenvalue weighted by Crippen LogP contribution is -2.47. The lowest BCUT2D eigenvalue weighted by atomic mass is 10.0. The number of ether oxygens (including phenoxy) is 1. The summed E-state index contributed by atoms with van der Waals surface area (Å²) in [7, 11) is 1.44. The molecule has 2 N–H and O–H groups in total. The topological polar surface area (TPSA) is 111 Å². The van der Waals surface area contributed by atoms with Gasteiger partial charge >= 0.3 is 13.8 Å². The Kier molecular flexibility index (Phi) is 48.7. The van der Waals surface area contributed by atoms with Crippen molar-refractivity contribution in [1.29, 1.82) is 0 Å². The molecule has 0 aromatic carbocycles. The molecule has 9 nitrogen and oxygen atoms in total. The van der Waals surface area contributed by atoms with Crippen LogP contribution in [0.2, 0.25) is 0 Å². The minimum atomic E-state index is -4.47. The van der Waals surface area contributed by atoms with Crippen LogP contribution in [0.25, 0.3) is 0 Å². The molecule has 0 saturated heterocycles. The summed E-state index contributed by atoms with van der Waals surface area (Å²) in [5.74, 6) is -0.623. The van der Waals surface area contributed by atoms with Crippen molar-refractivity contribution in [1.82, 2.24) is 5.32 Å². The number of likely N-dealkylation sites (N-methyl/N-ethyl adjacent to an activating group) is 1. The van der Waals surface area contributed by atoms with Crippen molar-refractivity contribution in [3.05, 3.63) is 85.1 Å². The number of quaternary nitrogens is 1. The van der Waals surface area contributed by atoms with E-state index >= 15 is 0 Å². The number of unbranched alkanes of at least 4 members (excludes halogenated alkanes) is 23. The second-order valence-corrected chi connectivity index (χ2v) is 21.9. The predicted molar refractivity (Wildman–Crippen MR) is 304 cm³/mol. The van der Waals surface area contributed by atoms with Crippen molar-refractivity contribution in [2.24, 2.45) is 0 Å². The SMILES string of the molecule is CCCCC/C=C\C/C=C\C/C=C\C/C=C\CCCCCC(=O)NC(COP(=O)(O)OCC[N+](C)(C)C)C(/C=C\CCCCCCCCCCCCC)OC(=O)CC/C=C/C/C=C\CCCCCCCC. The number of phosphoric ester groups is 1. The molecule has 10 heteroatoms. The van der Waals surface area contributed by atoms with Crippen LogP contribution in [0.3, 0.4) is 0 Å². The summed E-state index contributed by atoms with van der Waals surface area (Å²) in [6.45, 7) is 6.90. The van der Waals surface area contributed by atoms with E-state index in [0.717, 1.165) is 70.6 Å². The molecule has 0 rings (SSSR count). The third-order valence-corrected chi connectivity index (χ3v) is 13.3. The van der Waals surface area contributed by atoms with Gasteiger partial charge in [0.2, 0.25) is 5.91 Å². The van der Waals surface area contributed by atoms with E-state index in [1.807, 2.05) is 39.4 Å². The fraction of sp³-hybridized carbons (Fsp3) is 0.738. The molecular weight excluding hydrogens is 904 g/mol. The van der Waals surface area contributed by atoms with Gasteiger partial charge in [-0.15, -0.1) is 0 Å². The smallest absolute Gasteiger partial charge is 0.456 e. The van der Waals surface area contributed by atoms with Gasteiger partial charge in [0, 0.05) is 12.8 Å². The summed E-state index contributed by atoms with van der Waals surface area (Å²) < 4.78 is 30.5. The van der Waals surface area contributed by atoms with Gasteiger partial charge in [-0.1, -0.05) is 215 Å². The van der Waals surface area contributed by atoms with Crippen molar-refractivity contribution in [3.63, 3.8) is 0 Å². The largest absolute Gasteiger partial charge is 0.472 e. The Hall–Kier alpha value is -2.81. The fourth-order valence-electron chi connectivity index (χ4n) is 7.80. The van der Waals surface area contributed by atoms with Crippen molar-refractivity contribution in [3.8, 4) is 0 Å². The van der Waals surface area contributed by atoms with Crippen LogP contribution in [0.15, 0.2) is 85.1 Å². The summed E-state index contributed by atoms with van der Waals surface area (Å²) >= 11 is 0. The number of allylic oxidation sites excluding steroid dienone is 13. The Morgan fingerprint density at radius 3 is 1.34 bits per heavy atom. The number of amides is 1. The molecule has 0 aliphatic heterocycles. The van der Waals surface area contributed by atoms with E-state index in [-0.39, 0.29) is 32.0 Å². The van der Waals surface area contributed by atoms with Crippen LogP contribution in [0.1, 0.15) is 239 Å². The monoisotopic (exact) mass is 1010 g/mol. The first-order valence-corrected chi connectivity index (χ1v) is 30.4. The second-order valence-electron chi connectivity index (χ2n) is 20.5. The molecule has 0 aliphatic rings. The molecule has 0 aliphatic carbocycles. The summed E-state index contributed by atoms with van der Waals surface area (Å²) in [6, 6.07) is -0.890. The van der Waals surface area contributed by atoms with E-state index in [4.69, 9.17) is 13.8 Å². The van der Waals surface area contributed by atoms with Gasteiger partial charge in [-0.25, -0.2) is 4.57 Å². The minimum absolute atomic E-state index is 0.0229. The number of hydrogen-bond acceptors (Lipinski definition) is 6. The average Bonchev–Trinajstić information content (AvgIpc) is 3.33. The predicted octanol–water partition coefficient (Wildman–Crippen LogP) is 17.4. The zero-order valence-corrected chi connectivity index (χ0v) is 47.6. The minimum Gasteiger partial charge on any atom is -0.456 e. The quantitative estimate of drug-likeness (QED) is 0.0205. The van der Waals surface area contributed by atoms with Gasteiger partial charge < -0.3 is 19.4 Å². The highest BCUT2D eigenvalue weighted by Crippen LogP contribution is 2.43. The molecule has 410 valence electrons. The number of nitrogens with one attached hydrogen (secondary N) is 1. The molecule has 0 saturated carbocycles. The molecule has 0 aromatic rings. The van der Waals surface area contributed by atoms with E-state index in [1.165, 1.54) is 122 Å². The Morgan fingerprint density at radius 1 is 0.493 bits per heavy atom. The summed E-state index contributed by atoms with van der Waals surface area (Å²) in [5, 5.41) is 3.01. The first-order chi connectivity index (χ1) is 34.4. The molecule has 0 heterocycles. The first kappa shape index (κ1) is 68.2. The third kappa shape index (κ3) is 51.9. The van der Waals surface area contributed by atoms with Gasteiger partial charge in [0.25, 0.3) is 0 Å². The highest BCUT2D eigenvalue weighted by Gasteiger charge is 2.30. The van der Waals surface area contributed by atoms with Crippen LogP contribution in [-0.4, -0.2) is 74.3 Å². The highest BCUT2D eigenvalue weighted by atomic mass is 31.2. The van der Waals surface area contributed by atoms with E-state index in [9.17, 15) is 19.0 Å². The van der Waals surface area contributed by atoms with Gasteiger partial charge in [0.1, 0.15) is 19.3 Å². The standard InChI is InChI=1S/C61H109N2O7P/c1-7-10-13-16-19-22-25-28-29-30-31-32-33-36-38-41-44-47-50-53-60(64)62-58(57-69-71(66,67)68-56-55-63(4,5)6)59(52-49-46-43-40-37-34-26-23-20-17-14-11-8-2)70-61(65)54-51-48-45-42-39-35-27-24-21-18-15-12-9-3/h19,22,28-29,31-32,35-36,38-39,45,48-49,52,58-59H,7-18,20-21,23-27,30,33-34,37,40-44,46-47,50-51,53-57H2,1-6H3,(H-,62,64,66,67)/p+1/b22-19-,29-28-,32-31-,38-36-,39-35-,48-45+,52-49-. The number of hydrogen-bond donors (Lipinski definition) is 2. The lowest BCUT2D eigenvalue weighted by molar-refractivity contribution is -0.870. The molecule has 1 amide bonds. The van der Waals surface area contributed by atoms with Crippen LogP contribution < -0.4 is 5.32 Å². The van der Waals surface area contributed by atoms with Crippen molar-refractivity contribution in [2.45, 2.75) is 251 Å². The molecular formula is C61H110N2O7P+. The number of esters is 1. The number of phosphoric acid groups is 1. The molecule has 71 heavy (non-hydrogen) atoms. The van der Waals surface area contributed by atoms with Crippen LogP contribution >= 0.6 is 7.82 Å². The van der Waals surface area contributed by atoms with E-state index in [1.54, 1.807) is 0 Å². The maximum absolute atomic E-state index is 13.5. The molecule has 0 radical (unpaired) electrons. The van der Waals surface area contributed by atoms with Gasteiger partial charge in [0.05, 0.1) is 33.8 Å². The number of carbonyl (C=O) groups is 2. The Balaban J connectivity index is 5.48. The zero-order chi connectivity index (χ0) is 52.2. The Labute approximate surface area is 437 Å². The maximum atomic E-state index is 13.5. The van der Waals surface area contributed by atoms with Crippen molar-refractivity contribution < 1.29 is 37.3 Å². The highest BCUT2D eigenvalue weighted by molar-refractivity contribution is 7.47. The maximum Gasteiger partial charge on any atom is 0.472 e. The number of nitrogens with zero attached hydrogens (tertiary/aromatic N) is 1. The van der Waals surface area contributed by atoms with Crippen LogP contribution in [0.5, 0.6) is 0 Å². The third-order valence-electron chi connectivity index (χ3n) is 12.3. The molecule has 0 bridgehead atoms.